The second-order valence-electron chi connectivity index (χ2n) is 6.57. The van der Waals surface area contributed by atoms with Crippen LogP contribution in [0.3, 0.4) is 0 Å². The van der Waals surface area contributed by atoms with E-state index in [4.69, 9.17) is 29.1 Å². The summed E-state index contributed by atoms with van der Waals surface area (Å²) in [6.07, 6.45) is 1.43. The van der Waals surface area contributed by atoms with Crippen molar-refractivity contribution in [1.29, 1.82) is 5.41 Å². The van der Waals surface area contributed by atoms with Crippen LogP contribution in [0, 0.1) is 5.41 Å². The lowest BCUT2D eigenvalue weighted by atomic mass is 10.2. The molecule has 0 saturated heterocycles. The zero-order valence-corrected chi connectivity index (χ0v) is 18.4. The van der Waals surface area contributed by atoms with Gasteiger partial charge in [-0.15, -0.1) is 0 Å². The molecule has 1 atom stereocenters. The fourth-order valence-corrected chi connectivity index (χ4v) is 2.51. The minimum atomic E-state index is -0.805. The molecule has 0 aliphatic carbocycles. The second kappa shape index (κ2) is 12.7. The number of carbonyl (C=O) groups is 3. The Balaban J connectivity index is 1.99. The Hall–Kier alpha value is -4.14. The number of rotatable bonds is 12. The van der Waals surface area contributed by atoms with Gasteiger partial charge in [0.05, 0.1) is 12.7 Å². The third-order valence-electron chi connectivity index (χ3n) is 4.27. The molecular formula is C24H25NO8. The van der Waals surface area contributed by atoms with Crippen LogP contribution in [0.2, 0.25) is 0 Å². The predicted molar refractivity (Wildman–Crippen MR) is 119 cm³/mol. The predicted octanol–water partition coefficient (Wildman–Crippen LogP) is 3.34. The molecule has 0 aliphatic rings. The fraction of sp³-hybridized carbons (Fsp3) is 0.250. The number of hydrogen-bond acceptors (Lipinski definition) is 9. The SMILES string of the molecule is C=CC(=O)OCC(COc1ccc(C(=O)Oc2ccc(OC)cc2C=N)cc1)OC(=O)CC. The zero-order chi connectivity index (χ0) is 24.2. The highest BCUT2D eigenvalue weighted by Gasteiger charge is 2.17. The van der Waals surface area contributed by atoms with E-state index in [0.29, 0.717) is 17.1 Å². The molecule has 9 heteroatoms. The summed E-state index contributed by atoms with van der Waals surface area (Å²) in [5, 5.41) is 7.48. The Morgan fingerprint density at radius 2 is 1.76 bits per heavy atom. The summed E-state index contributed by atoms with van der Waals surface area (Å²) in [7, 11) is 1.50. The lowest BCUT2D eigenvalue weighted by Gasteiger charge is -2.18. The van der Waals surface area contributed by atoms with Crippen molar-refractivity contribution in [3.8, 4) is 17.2 Å². The van der Waals surface area contributed by atoms with Gasteiger partial charge in [0, 0.05) is 24.3 Å². The number of nitrogens with one attached hydrogen (secondary N) is 1. The van der Waals surface area contributed by atoms with Gasteiger partial charge in [-0.2, -0.15) is 0 Å². The highest BCUT2D eigenvalue weighted by molar-refractivity contribution is 5.93. The van der Waals surface area contributed by atoms with Gasteiger partial charge in [0.2, 0.25) is 0 Å². The molecule has 9 nitrogen and oxygen atoms in total. The maximum Gasteiger partial charge on any atom is 0.343 e. The standard InChI is InChI=1S/C24H25NO8/c1-4-22(26)31-15-20(32-23(27)5-2)14-30-18-8-6-16(7-9-18)24(28)33-21-11-10-19(29-3)12-17(21)13-25/h4,6-13,20,25H,1,5,14-15H2,2-3H3. The van der Waals surface area contributed by atoms with Crippen LogP contribution in [0.15, 0.2) is 55.1 Å². The van der Waals surface area contributed by atoms with Crippen LogP contribution in [0.25, 0.3) is 0 Å². The van der Waals surface area contributed by atoms with Crippen molar-refractivity contribution in [2.45, 2.75) is 19.4 Å². The largest absolute Gasteiger partial charge is 0.497 e. The van der Waals surface area contributed by atoms with Crippen molar-refractivity contribution in [2.24, 2.45) is 0 Å². The third kappa shape index (κ3) is 7.80. The van der Waals surface area contributed by atoms with Gasteiger partial charge in [0.25, 0.3) is 0 Å². The van der Waals surface area contributed by atoms with Crippen molar-refractivity contribution in [2.75, 3.05) is 20.3 Å². The zero-order valence-electron chi connectivity index (χ0n) is 18.4. The molecule has 0 heterocycles. The minimum absolute atomic E-state index is 0.0610. The van der Waals surface area contributed by atoms with E-state index in [1.165, 1.54) is 19.2 Å². The molecule has 2 aromatic carbocycles. The van der Waals surface area contributed by atoms with Crippen LogP contribution in [-0.4, -0.2) is 50.6 Å². The molecular weight excluding hydrogens is 430 g/mol. The summed E-state index contributed by atoms with van der Waals surface area (Å²) in [5.74, 6) is -0.537. The minimum Gasteiger partial charge on any atom is -0.497 e. The first kappa shape index (κ1) is 25.1. The van der Waals surface area contributed by atoms with Crippen LogP contribution < -0.4 is 14.2 Å². The molecule has 0 aromatic heterocycles. The molecule has 0 amide bonds. The summed E-state index contributed by atoms with van der Waals surface area (Å²) in [5.41, 5.74) is 0.662. The van der Waals surface area contributed by atoms with Crippen LogP contribution in [-0.2, 0) is 19.1 Å². The van der Waals surface area contributed by atoms with Crippen molar-refractivity contribution < 1.29 is 38.1 Å². The number of methoxy groups -OCH3 is 1. The van der Waals surface area contributed by atoms with Gasteiger partial charge in [-0.25, -0.2) is 9.59 Å². The molecule has 174 valence electrons. The van der Waals surface area contributed by atoms with E-state index in [9.17, 15) is 14.4 Å². The van der Waals surface area contributed by atoms with Gasteiger partial charge in [-0.1, -0.05) is 13.5 Å². The van der Waals surface area contributed by atoms with Crippen LogP contribution in [0.4, 0.5) is 0 Å². The molecule has 2 rings (SSSR count). The Bertz CT molecular complexity index is 1000. The van der Waals surface area contributed by atoms with Crippen LogP contribution in [0.1, 0.15) is 29.3 Å². The number of benzene rings is 2. The third-order valence-corrected chi connectivity index (χ3v) is 4.27. The molecule has 2 aromatic rings. The van der Waals surface area contributed by atoms with E-state index in [1.807, 2.05) is 0 Å². The summed E-state index contributed by atoms with van der Waals surface area (Å²) < 4.78 is 26.2. The highest BCUT2D eigenvalue weighted by Crippen LogP contribution is 2.24. The average Bonchev–Trinajstić information content (AvgIpc) is 2.85. The van der Waals surface area contributed by atoms with Crippen molar-refractivity contribution in [3.05, 3.63) is 66.2 Å². The summed E-state index contributed by atoms with van der Waals surface area (Å²) >= 11 is 0. The topological polar surface area (TPSA) is 121 Å². The summed E-state index contributed by atoms with van der Waals surface area (Å²) in [4.78, 5) is 35.3. The first-order valence-corrected chi connectivity index (χ1v) is 10.0. The lowest BCUT2D eigenvalue weighted by molar-refractivity contribution is -0.158. The maximum absolute atomic E-state index is 12.5. The van der Waals surface area contributed by atoms with Gasteiger partial charge < -0.3 is 29.1 Å². The van der Waals surface area contributed by atoms with Crippen LogP contribution in [0.5, 0.6) is 17.2 Å². The van der Waals surface area contributed by atoms with Gasteiger partial charge >= 0.3 is 17.9 Å². The molecule has 1 unspecified atom stereocenters. The van der Waals surface area contributed by atoms with Crippen LogP contribution >= 0.6 is 0 Å². The van der Waals surface area contributed by atoms with Crippen molar-refractivity contribution >= 4 is 24.1 Å². The van der Waals surface area contributed by atoms with E-state index in [1.54, 1.807) is 37.3 Å². The maximum atomic E-state index is 12.5. The number of carbonyl (C=O) groups excluding carboxylic acids is 3. The Morgan fingerprint density at radius 1 is 1.06 bits per heavy atom. The van der Waals surface area contributed by atoms with E-state index in [-0.39, 0.29) is 30.9 Å². The Kier molecular flexibility index (Phi) is 9.63. The van der Waals surface area contributed by atoms with E-state index < -0.39 is 24.0 Å². The Labute approximate surface area is 191 Å². The van der Waals surface area contributed by atoms with Crippen molar-refractivity contribution in [1.82, 2.24) is 0 Å². The molecule has 0 fully saturated rings. The molecule has 0 radical (unpaired) electrons. The molecule has 0 bridgehead atoms. The smallest absolute Gasteiger partial charge is 0.343 e. The van der Waals surface area contributed by atoms with Gasteiger partial charge in [-0.3, -0.25) is 4.79 Å². The van der Waals surface area contributed by atoms with Crippen molar-refractivity contribution in [3.63, 3.8) is 0 Å². The lowest BCUT2D eigenvalue weighted by Crippen LogP contribution is -2.30. The molecule has 33 heavy (non-hydrogen) atoms. The number of ether oxygens (including phenoxy) is 5. The van der Waals surface area contributed by atoms with E-state index in [0.717, 1.165) is 12.3 Å². The molecule has 1 N–H and O–H groups in total. The average molecular weight is 455 g/mol. The first-order valence-electron chi connectivity index (χ1n) is 10.0. The quantitative estimate of drug-likeness (QED) is 0.224. The Morgan fingerprint density at radius 3 is 2.36 bits per heavy atom. The van der Waals surface area contributed by atoms with Gasteiger partial charge in [0.15, 0.2) is 6.10 Å². The monoisotopic (exact) mass is 455 g/mol. The number of esters is 3. The van der Waals surface area contributed by atoms with E-state index >= 15 is 0 Å². The van der Waals surface area contributed by atoms with Gasteiger partial charge in [-0.05, 0) is 42.5 Å². The highest BCUT2D eigenvalue weighted by atomic mass is 16.6. The molecule has 0 saturated carbocycles. The molecule has 0 aliphatic heterocycles. The molecule has 0 spiro atoms. The normalized spacial score (nSPS) is 11.0. The van der Waals surface area contributed by atoms with Gasteiger partial charge in [0.1, 0.15) is 30.5 Å². The van der Waals surface area contributed by atoms with E-state index in [2.05, 4.69) is 6.58 Å². The fourth-order valence-electron chi connectivity index (χ4n) is 2.51. The summed E-state index contributed by atoms with van der Waals surface area (Å²) in [6, 6.07) is 10.9. The first-order chi connectivity index (χ1) is 15.9. The second-order valence-corrected chi connectivity index (χ2v) is 6.57. The summed E-state index contributed by atoms with van der Waals surface area (Å²) in [6.45, 7) is 4.71. The number of hydrogen-bond donors (Lipinski definition) is 1.